The summed E-state index contributed by atoms with van der Waals surface area (Å²) in [6.07, 6.45) is 0. The highest BCUT2D eigenvalue weighted by atomic mass is 32.2. The first kappa shape index (κ1) is 12.2. The highest BCUT2D eigenvalue weighted by Gasteiger charge is 2.09. The maximum Gasteiger partial charge on any atom is 0.219 e. The van der Waals surface area contributed by atoms with E-state index in [4.69, 9.17) is 0 Å². The van der Waals surface area contributed by atoms with Gasteiger partial charge in [0.05, 0.1) is 11.6 Å². The van der Waals surface area contributed by atoms with Gasteiger partial charge in [-0.05, 0) is 19.4 Å². The maximum atomic E-state index is 4.43. The average Bonchev–Trinajstić information content (AvgIpc) is 2.77. The fourth-order valence-corrected chi connectivity index (χ4v) is 2.35. The van der Waals surface area contributed by atoms with Crippen LogP contribution in [0.3, 0.4) is 0 Å². The topological polar surface area (TPSA) is 36.8 Å². The summed E-state index contributed by atoms with van der Waals surface area (Å²) in [5.74, 6) is 1.74. The van der Waals surface area contributed by atoms with E-state index in [0.717, 1.165) is 29.8 Å². The monoisotopic (exact) mass is 247 g/mol. The van der Waals surface area contributed by atoms with Gasteiger partial charge in [-0.15, -0.1) is 11.8 Å². The molecule has 0 unspecified atom stereocenters. The van der Waals surface area contributed by atoms with E-state index in [1.54, 1.807) is 11.8 Å². The molecule has 0 saturated carbocycles. The SMILES string of the molecule is CCNC1=NCC(SCc2ccc(C)cc2)=N1. The predicted octanol–water partition coefficient (Wildman–Crippen LogP) is 2.61. The van der Waals surface area contributed by atoms with Gasteiger partial charge in [-0.3, -0.25) is 0 Å². The molecule has 1 N–H and O–H groups in total. The normalized spacial score (nSPS) is 14.5. The number of rotatable bonds is 3. The van der Waals surface area contributed by atoms with E-state index in [9.17, 15) is 0 Å². The molecule has 0 fully saturated rings. The first-order chi connectivity index (χ1) is 8.28. The number of nitrogens with one attached hydrogen (secondary N) is 1. The summed E-state index contributed by atoms with van der Waals surface area (Å²) >= 11 is 1.77. The summed E-state index contributed by atoms with van der Waals surface area (Å²) in [7, 11) is 0. The molecule has 1 aromatic rings. The molecule has 1 heterocycles. The van der Waals surface area contributed by atoms with Crippen molar-refractivity contribution in [3.05, 3.63) is 35.4 Å². The van der Waals surface area contributed by atoms with Crippen molar-refractivity contribution < 1.29 is 0 Å². The lowest BCUT2D eigenvalue weighted by Crippen LogP contribution is -2.19. The van der Waals surface area contributed by atoms with Crippen LogP contribution in [0.1, 0.15) is 18.1 Å². The van der Waals surface area contributed by atoms with E-state index < -0.39 is 0 Å². The molecule has 90 valence electrons. The summed E-state index contributed by atoms with van der Waals surface area (Å²) in [6, 6.07) is 8.63. The number of benzene rings is 1. The van der Waals surface area contributed by atoms with Crippen LogP contribution in [0.4, 0.5) is 0 Å². The Labute approximate surface area is 106 Å². The lowest BCUT2D eigenvalue weighted by molar-refractivity contribution is 0.954. The highest BCUT2D eigenvalue weighted by molar-refractivity contribution is 8.13. The van der Waals surface area contributed by atoms with E-state index >= 15 is 0 Å². The lowest BCUT2D eigenvalue weighted by atomic mass is 10.2. The van der Waals surface area contributed by atoms with Crippen LogP contribution in [-0.2, 0) is 5.75 Å². The van der Waals surface area contributed by atoms with Gasteiger partial charge in [0.15, 0.2) is 0 Å². The van der Waals surface area contributed by atoms with E-state index in [1.165, 1.54) is 11.1 Å². The lowest BCUT2D eigenvalue weighted by Gasteiger charge is -2.01. The third-order valence-corrected chi connectivity index (χ3v) is 3.49. The Morgan fingerprint density at radius 2 is 2.06 bits per heavy atom. The summed E-state index contributed by atoms with van der Waals surface area (Å²) < 4.78 is 0. The van der Waals surface area contributed by atoms with Gasteiger partial charge in [0.2, 0.25) is 5.96 Å². The molecule has 0 radical (unpaired) electrons. The maximum absolute atomic E-state index is 4.43. The largest absolute Gasteiger partial charge is 0.355 e. The van der Waals surface area contributed by atoms with Crippen molar-refractivity contribution in [2.45, 2.75) is 19.6 Å². The van der Waals surface area contributed by atoms with Crippen LogP contribution in [0, 0.1) is 6.92 Å². The highest BCUT2D eigenvalue weighted by Crippen LogP contribution is 2.17. The number of nitrogens with zero attached hydrogens (tertiary/aromatic N) is 2. The number of thioether (sulfide) groups is 1. The number of aliphatic imine (C=N–C) groups is 2. The minimum atomic E-state index is 0.721. The fourth-order valence-electron chi connectivity index (χ4n) is 1.51. The molecule has 0 amide bonds. The third-order valence-electron chi connectivity index (χ3n) is 2.46. The van der Waals surface area contributed by atoms with E-state index in [1.807, 2.05) is 0 Å². The van der Waals surface area contributed by atoms with Crippen molar-refractivity contribution in [3.8, 4) is 0 Å². The van der Waals surface area contributed by atoms with Crippen LogP contribution in [0.5, 0.6) is 0 Å². The van der Waals surface area contributed by atoms with Gasteiger partial charge in [0.25, 0.3) is 0 Å². The van der Waals surface area contributed by atoms with Gasteiger partial charge in [-0.25, -0.2) is 9.98 Å². The van der Waals surface area contributed by atoms with Gasteiger partial charge in [-0.1, -0.05) is 29.8 Å². The average molecular weight is 247 g/mol. The Kier molecular flexibility index (Phi) is 4.20. The molecule has 0 aromatic heterocycles. The molecule has 0 bridgehead atoms. The summed E-state index contributed by atoms with van der Waals surface area (Å²) in [6.45, 7) is 5.75. The number of hydrogen-bond acceptors (Lipinski definition) is 4. The third kappa shape index (κ3) is 3.60. The van der Waals surface area contributed by atoms with Crippen LogP contribution < -0.4 is 5.32 Å². The van der Waals surface area contributed by atoms with Crippen molar-refractivity contribution >= 4 is 22.8 Å². The first-order valence-corrected chi connectivity index (χ1v) is 6.80. The van der Waals surface area contributed by atoms with Crippen molar-refractivity contribution in [2.75, 3.05) is 13.1 Å². The van der Waals surface area contributed by atoms with Gasteiger partial charge in [0.1, 0.15) is 0 Å². The quantitative estimate of drug-likeness (QED) is 0.891. The second kappa shape index (κ2) is 5.87. The number of guanidine groups is 1. The standard InChI is InChI=1S/C13H17N3S/c1-3-14-13-15-8-12(16-13)17-9-11-6-4-10(2)5-7-11/h4-7H,3,8-9H2,1-2H3,(H,14,15). The molecule has 0 spiro atoms. The zero-order valence-corrected chi connectivity index (χ0v) is 11.0. The Balaban J connectivity index is 1.84. The molecule has 1 aliphatic heterocycles. The zero-order valence-electron chi connectivity index (χ0n) is 10.2. The molecule has 3 nitrogen and oxygen atoms in total. The smallest absolute Gasteiger partial charge is 0.219 e. The van der Waals surface area contributed by atoms with Crippen LogP contribution in [-0.4, -0.2) is 24.1 Å². The Morgan fingerprint density at radius 1 is 1.29 bits per heavy atom. The summed E-state index contributed by atoms with van der Waals surface area (Å²) in [5, 5.41) is 4.23. The van der Waals surface area contributed by atoms with E-state index in [0.29, 0.717) is 0 Å². The van der Waals surface area contributed by atoms with Crippen molar-refractivity contribution in [3.63, 3.8) is 0 Å². The van der Waals surface area contributed by atoms with Crippen LogP contribution in [0.25, 0.3) is 0 Å². The molecule has 1 aromatic carbocycles. The molecular weight excluding hydrogens is 230 g/mol. The van der Waals surface area contributed by atoms with Gasteiger partial charge < -0.3 is 5.32 Å². The molecule has 0 aliphatic carbocycles. The molecule has 1 aliphatic rings. The zero-order chi connectivity index (χ0) is 12.1. The molecule has 0 atom stereocenters. The predicted molar refractivity (Wildman–Crippen MR) is 75.9 cm³/mol. The summed E-state index contributed by atoms with van der Waals surface area (Å²) in [4.78, 5) is 8.74. The second-order valence-electron chi connectivity index (χ2n) is 3.95. The van der Waals surface area contributed by atoms with E-state index in [-0.39, 0.29) is 0 Å². The van der Waals surface area contributed by atoms with E-state index in [2.05, 4.69) is 53.4 Å². The van der Waals surface area contributed by atoms with Crippen LogP contribution in [0.15, 0.2) is 34.3 Å². The summed E-state index contributed by atoms with van der Waals surface area (Å²) in [5.41, 5.74) is 2.63. The van der Waals surface area contributed by atoms with Gasteiger partial charge in [0, 0.05) is 12.3 Å². The Hall–Kier alpha value is -1.29. The molecular formula is C13H17N3S. The molecule has 4 heteroatoms. The van der Waals surface area contributed by atoms with Crippen LogP contribution in [0.2, 0.25) is 0 Å². The van der Waals surface area contributed by atoms with Gasteiger partial charge >= 0.3 is 0 Å². The number of aryl methyl sites for hydroxylation is 1. The van der Waals surface area contributed by atoms with Crippen molar-refractivity contribution in [2.24, 2.45) is 9.98 Å². The molecule has 2 rings (SSSR count). The molecule has 0 saturated heterocycles. The second-order valence-corrected chi connectivity index (χ2v) is 5.00. The fraction of sp³-hybridized carbons (Fsp3) is 0.385. The first-order valence-electron chi connectivity index (χ1n) is 5.82. The van der Waals surface area contributed by atoms with Gasteiger partial charge in [-0.2, -0.15) is 0 Å². The Morgan fingerprint density at radius 3 is 2.76 bits per heavy atom. The Bertz CT molecular complexity index is 434. The minimum Gasteiger partial charge on any atom is -0.355 e. The molecule has 17 heavy (non-hydrogen) atoms. The number of hydrogen-bond donors (Lipinski definition) is 1. The van der Waals surface area contributed by atoms with Crippen LogP contribution >= 0.6 is 11.8 Å². The minimum absolute atomic E-state index is 0.721. The van der Waals surface area contributed by atoms with Crippen molar-refractivity contribution in [1.82, 2.24) is 5.32 Å². The van der Waals surface area contributed by atoms with Crippen molar-refractivity contribution in [1.29, 1.82) is 0 Å².